The van der Waals surface area contributed by atoms with E-state index in [4.69, 9.17) is 22.0 Å². The van der Waals surface area contributed by atoms with Crippen LogP contribution in [0.1, 0.15) is 73.4 Å². The van der Waals surface area contributed by atoms with Gasteiger partial charge in [-0.05, 0) is 106 Å². The van der Waals surface area contributed by atoms with Crippen LogP contribution in [0.2, 0.25) is 5.02 Å². The molecule has 1 saturated carbocycles. The highest BCUT2D eigenvalue weighted by atomic mass is 35.5. The second-order valence-corrected chi connectivity index (χ2v) is 12.1. The van der Waals surface area contributed by atoms with E-state index in [9.17, 15) is 0 Å². The number of hydrogen-bond donors (Lipinski definition) is 0. The minimum Gasteiger partial charge on any atom is -0.303 e. The Morgan fingerprint density at radius 3 is 2.49 bits per heavy atom. The van der Waals surface area contributed by atoms with Crippen molar-refractivity contribution >= 4 is 11.6 Å². The monoisotopic (exact) mass is 538 g/mol. The highest BCUT2D eigenvalue weighted by Crippen LogP contribution is 2.31. The summed E-state index contributed by atoms with van der Waals surface area (Å²) in [6.45, 7) is 11.2. The van der Waals surface area contributed by atoms with Crippen LogP contribution in [-0.2, 0) is 6.54 Å². The molecule has 3 aromatic rings. The number of nitriles is 1. The Morgan fingerprint density at radius 2 is 1.79 bits per heavy atom. The van der Waals surface area contributed by atoms with Gasteiger partial charge in [0.15, 0.2) is 0 Å². The molecule has 2 fully saturated rings. The van der Waals surface area contributed by atoms with Crippen LogP contribution in [0.15, 0.2) is 42.5 Å². The Morgan fingerprint density at radius 1 is 1.03 bits per heavy atom. The Bertz CT molecular complexity index is 1390. The zero-order chi connectivity index (χ0) is 27.4. The lowest BCUT2D eigenvalue weighted by Gasteiger charge is -2.35. The third-order valence-electron chi connectivity index (χ3n) is 8.68. The molecular weight excluding hydrogens is 500 g/mol. The van der Waals surface area contributed by atoms with Crippen LogP contribution in [0.5, 0.6) is 0 Å². The van der Waals surface area contributed by atoms with Gasteiger partial charge in [-0.2, -0.15) is 10.4 Å². The molecule has 0 spiro atoms. The van der Waals surface area contributed by atoms with Gasteiger partial charge < -0.3 is 4.90 Å². The van der Waals surface area contributed by atoms with Crippen LogP contribution < -0.4 is 0 Å². The molecule has 1 saturated heterocycles. The van der Waals surface area contributed by atoms with Crippen molar-refractivity contribution in [3.8, 4) is 29.2 Å². The molecule has 1 unspecified atom stereocenters. The molecule has 1 atom stereocenters. The van der Waals surface area contributed by atoms with Crippen molar-refractivity contribution in [3.05, 3.63) is 75.4 Å². The first-order valence-electron chi connectivity index (χ1n) is 14.5. The van der Waals surface area contributed by atoms with Gasteiger partial charge in [0.25, 0.3) is 0 Å². The maximum Gasteiger partial charge on any atom is 0.101 e. The zero-order valence-electron chi connectivity index (χ0n) is 23.5. The molecule has 2 heterocycles. The van der Waals surface area contributed by atoms with Crippen LogP contribution in [0.25, 0.3) is 11.3 Å². The fraction of sp³-hybridized carbons (Fsp3) is 0.471. The number of nitrogens with zero attached hydrogens (tertiary/aromatic N) is 4. The van der Waals surface area contributed by atoms with Crippen molar-refractivity contribution in [3.63, 3.8) is 0 Å². The lowest BCUT2D eigenvalue weighted by Crippen LogP contribution is -2.38. The zero-order valence-corrected chi connectivity index (χ0v) is 24.3. The van der Waals surface area contributed by atoms with Gasteiger partial charge in [0, 0.05) is 35.8 Å². The second kappa shape index (κ2) is 12.4. The van der Waals surface area contributed by atoms with Crippen LogP contribution in [-0.4, -0.2) is 34.3 Å². The van der Waals surface area contributed by atoms with Crippen molar-refractivity contribution < 1.29 is 0 Å². The fourth-order valence-electron chi connectivity index (χ4n) is 6.18. The Balaban J connectivity index is 1.16. The van der Waals surface area contributed by atoms with Crippen molar-refractivity contribution in [1.29, 1.82) is 5.26 Å². The minimum absolute atomic E-state index is 0.457. The molecule has 5 heteroatoms. The third kappa shape index (κ3) is 6.75. The molecule has 0 amide bonds. The van der Waals surface area contributed by atoms with E-state index in [2.05, 4.69) is 67.8 Å². The minimum atomic E-state index is 0.457. The molecule has 0 radical (unpaired) electrons. The van der Waals surface area contributed by atoms with Gasteiger partial charge in [0.1, 0.15) is 6.07 Å². The quantitative estimate of drug-likeness (QED) is 0.314. The van der Waals surface area contributed by atoms with E-state index >= 15 is 0 Å². The average molecular weight is 539 g/mol. The number of piperidine rings is 1. The van der Waals surface area contributed by atoms with Crippen molar-refractivity contribution in [2.24, 2.45) is 17.8 Å². The smallest absolute Gasteiger partial charge is 0.101 e. The lowest BCUT2D eigenvalue weighted by molar-refractivity contribution is 0.139. The molecule has 1 aliphatic heterocycles. The van der Waals surface area contributed by atoms with E-state index in [1.165, 1.54) is 63.7 Å². The van der Waals surface area contributed by atoms with Gasteiger partial charge in [-0.15, -0.1) is 0 Å². The van der Waals surface area contributed by atoms with Crippen LogP contribution in [0, 0.1) is 54.8 Å². The van der Waals surface area contributed by atoms with Gasteiger partial charge in [0.2, 0.25) is 0 Å². The summed E-state index contributed by atoms with van der Waals surface area (Å²) in [5.41, 5.74) is 6.85. The first-order valence-corrected chi connectivity index (χ1v) is 14.8. The second-order valence-electron chi connectivity index (χ2n) is 11.7. The SMILES string of the molecule is Cc1c(-c2ccc(C#N)c(Cl)c2)nn(Cc2ccc(C#CC3CCC(CN4CCCC(C)C4)CC3)cc2)c1C. The Hall–Kier alpha value is -3.05. The molecule has 2 aromatic carbocycles. The Kier molecular flexibility index (Phi) is 8.76. The molecular formula is C34H39ClN4. The van der Waals surface area contributed by atoms with Gasteiger partial charge >= 0.3 is 0 Å². The summed E-state index contributed by atoms with van der Waals surface area (Å²) in [4.78, 5) is 2.71. The predicted octanol–water partition coefficient (Wildman–Crippen LogP) is 7.63. The molecule has 202 valence electrons. The highest BCUT2D eigenvalue weighted by molar-refractivity contribution is 6.32. The first kappa shape index (κ1) is 27.5. The number of hydrogen-bond acceptors (Lipinski definition) is 3. The number of aromatic nitrogens is 2. The van der Waals surface area contributed by atoms with E-state index in [1.54, 1.807) is 6.07 Å². The highest BCUT2D eigenvalue weighted by Gasteiger charge is 2.24. The standard InChI is InChI=1S/C34H39ClN4/c1-24-5-4-18-38(21-24)22-29-12-8-27(9-13-29)6-7-28-10-14-30(15-11-28)23-39-26(3)25(2)34(37-39)31-16-17-32(20-36)33(35)19-31/h10-11,14-17,19,24,27,29H,4-5,8-9,12-13,18,21-23H2,1-3H3. The van der Waals surface area contributed by atoms with Crippen LogP contribution in [0.3, 0.4) is 0 Å². The first-order chi connectivity index (χ1) is 18.9. The van der Waals surface area contributed by atoms with Gasteiger partial charge in [-0.1, -0.05) is 48.6 Å². The molecule has 39 heavy (non-hydrogen) atoms. The maximum atomic E-state index is 9.17. The van der Waals surface area contributed by atoms with E-state index in [-0.39, 0.29) is 0 Å². The Labute approximate surface area is 239 Å². The summed E-state index contributed by atoms with van der Waals surface area (Å²) in [5, 5.41) is 14.5. The summed E-state index contributed by atoms with van der Waals surface area (Å²) >= 11 is 6.27. The van der Waals surface area contributed by atoms with Crippen molar-refractivity contribution in [2.75, 3.05) is 19.6 Å². The lowest BCUT2D eigenvalue weighted by atomic mass is 9.81. The predicted molar refractivity (Wildman–Crippen MR) is 160 cm³/mol. The maximum absolute atomic E-state index is 9.17. The molecule has 2 aliphatic rings. The number of likely N-dealkylation sites (tertiary alicyclic amines) is 1. The molecule has 0 N–H and O–H groups in total. The molecule has 5 rings (SSSR count). The average Bonchev–Trinajstić information content (AvgIpc) is 3.22. The molecule has 4 nitrogen and oxygen atoms in total. The normalized spacial score (nSPS) is 21.7. The molecule has 0 bridgehead atoms. The van der Waals surface area contributed by atoms with E-state index in [0.717, 1.165) is 39.9 Å². The number of benzene rings is 2. The molecule has 1 aromatic heterocycles. The summed E-state index contributed by atoms with van der Waals surface area (Å²) in [5.74, 6) is 9.28. The van der Waals surface area contributed by atoms with Gasteiger partial charge in [-0.25, -0.2) is 0 Å². The van der Waals surface area contributed by atoms with E-state index < -0.39 is 0 Å². The summed E-state index contributed by atoms with van der Waals surface area (Å²) in [7, 11) is 0. The summed E-state index contributed by atoms with van der Waals surface area (Å²) in [6.07, 6.45) is 7.90. The fourth-order valence-corrected chi connectivity index (χ4v) is 6.40. The van der Waals surface area contributed by atoms with Crippen LogP contribution >= 0.6 is 11.6 Å². The van der Waals surface area contributed by atoms with Crippen molar-refractivity contribution in [1.82, 2.24) is 14.7 Å². The van der Waals surface area contributed by atoms with Gasteiger partial charge in [0.05, 0.1) is 22.8 Å². The van der Waals surface area contributed by atoms with E-state index in [1.807, 2.05) is 16.8 Å². The number of halogens is 1. The number of rotatable bonds is 5. The van der Waals surface area contributed by atoms with E-state index in [0.29, 0.717) is 23.0 Å². The van der Waals surface area contributed by atoms with Crippen molar-refractivity contribution in [2.45, 2.75) is 65.8 Å². The van der Waals surface area contributed by atoms with Gasteiger partial charge in [-0.3, -0.25) is 4.68 Å². The summed E-state index contributed by atoms with van der Waals surface area (Å²) < 4.78 is 2.04. The van der Waals surface area contributed by atoms with Crippen LogP contribution in [0.4, 0.5) is 0 Å². The third-order valence-corrected chi connectivity index (χ3v) is 8.99. The summed E-state index contributed by atoms with van der Waals surface area (Å²) in [6, 6.07) is 16.2. The molecule has 1 aliphatic carbocycles. The topological polar surface area (TPSA) is 44.9 Å². The largest absolute Gasteiger partial charge is 0.303 e.